The summed E-state index contributed by atoms with van der Waals surface area (Å²) in [6.07, 6.45) is 6.68. The molecule has 3 rings (SSSR count). The smallest absolute Gasteiger partial charge is 0.243 e. The second-order valence-corrected chi connectivity index (χ2v) is 7.98. The largest absolute Gasteiger partial charge is 0.497 e. The molecule has 0 heterocycles. The lowest BCUT2D eigenvalue weighted by molar-refractivity contribution is -0.921. The van der Waals surface area contributed by atoms with Gasteiger partial charge in [0.15, 0.2) is 0 Å². The van der Waals surface area contributed by atoms with Crippen LogP contribution >= 0.6 is 0 Å². The molecular formula is C24H34N3O3+. The zero-order chi connectivity index (χ0) is 21.3. The van der Waals surface area contributed by atoms with Crippen LogP contribution < -0.4 is 25.0 Å². The molecule has 1 atom stereocenters. The second kappa shape index (κ2) is 10.9. The highest BCUT2D eigenvalue weighted by Crippen LogP contribution is 2.28. The van der Waals surface area contributed by atoms with Crippen LogP contribution in [0.1, 0.15) is 37.7 Å². The Kier molecular flexibility index (Phi) is 7.97. The summed E-state index contributed by atoms with van der Waals surface area (Å²) in [4.78, 5) is 14.1. The van der Waals surface area contributed by atoms with E-state index in [0.717, 1.165) is 18.3 Å². The molecule has 6 heteroatoms. The number of hydrogen-bond acceptors (Lipinski definition) is 4. The zero-order valence-corrected chi connectivity index (χ0v) is 18.3. The highest BCUT2D eigenvalue weighted by atomic mass is 16.5. The van der Waals surface area contributed by atoms with Crippen molar-refractivity contribution in [1.29, 1.82) is 0 Å². The van der Waals surface area contributed by atoms with Gasteiger partial charge < -0.3 is 25.0 Å². The number of benzene rings is 2. The first-order valence-electron chi connectivity index (χ1n) is 10.8. The quantitative estimate of drug-likeness (QED) is 0.592. The van der Waals surface area contributed by atoms with Gasteiger partial charge in [-0.05, 0) is 43.9 Å². The summed E-state index contributed by atoms with van der Waals surface area (Å²) < 4.78 is 10.6. The molecule has 2 aromatic rings. The standard InChI is InChI=1S/C24H33N3O3/c1-27(19-10-5-4-6-11-19)17-18-9-7-8-12-21(18)25-16-24(28)26-22-15-20(29-2)13-14-23(22)30-3/h7-9,12-15,19,25H,4-6,10-11,16-17H2,1-3H3,(H,26,28)/p+1. The van der Waals surface area contributed by atoms with Crippen LogP contribution in [-0.4, -0.2) is 39.8 Å². The van der Waals surface area contributed by atoms with E-state index < -0.39 is 0 Å². The SMILES string of the molecule is COc1ccc(OC)c(NC(=O)CNc2ccccc2C[NH+](C)C2CCCCC2)c1. The number of para-hydroxylation sites is 1. The first-order valence-corrected chi connectivity index (χ1v) is 10.8. The molecule has 0 aliphatic heterocycles. The van der Waals surface area contributed by atoms with Crippen molar-refractivity contribution in [2.24, 2.45) is 0 Å². The molecule has 1 amide bonds. The number of nitrogens with one attached hydrogen (secondary N) is 3. The second-order valence-electron chi connectivity index (χ2n) is 7.98. The molecule has 2 aromatic carbocycles. The maximum Gasteiger partial charge on any atom is 0.243 e. The lowest BCUT2D eigenvalue weighted by atomic mass is 9.94. The Morgan fingerprint density at radius 2 is 1.80 bits per heavy atom. The van der Waals surface area contributed by atoms with Gasteiger partial charge in [-0.1, -0.05) is 24.6 Å². The summed E-state index contributed by atoms with van der Waals surface area (Å²) >= 11 is 0. The molecule has 1 saturated carbocycles. The number of ether oxygens (including phenoxy) is 2. The van der Waals surface area contributed by atoms with Crippen molar-refractivity contribution < 1.29 is 19.2 Å². The van der Waals surface area contributed by atoms with Gasteiger partial charge in [-0.25, -0.2) is 0 Å². The molecular weight excluding hydrogens is 378 g/mol. The summed E-state index contributed by atoms with van der Waals surface area (Å²) in [5.41, 5.74) is 2.85. The van der Waals surface area contributed by atoms with Crippen molar-refractivity contribution in [3.05, 3.63) is 48.0 Å². The van der Waals surface area contributed by atoms with E-state index in [2.05, 4.69) is 29.8 Å². The van der Waals surface area contributed by atoms with Crippen molar-refractivity contribution in [2.75, 3.05) is 38.4 Å². The average molecular weight is 413 g/mol. The normalized spacial score (nSPS) is 15.3. The molecule has 162 valence electrons. The van der Waals surface area contributed by atoms with E-state index in [4.69, 9.17) is 9.47 Å². The number of rotatable bonds is 9. The van der Waals surface area contributed by atoms with Crippen LogP contribution in [0.15, 0.2) is 42.5 Å². The van der Waals surface area contributed by atoms with Gasteiger partial charge in [-0.3, -0.25) is 4.79 Å². The van der Waals surface area contributed by atoms with Gasteiger partial charge in [-0.2, -0.15) is 0 Å². The molecule has 0 aromatic heterocycles. The van der Waals surface area contributed by atoms with Gasteiger partial charge in [0.1, 0.15) is 18.0 Å². The van der Waals surface area contributed by atoms with Crippen LogP contribution in [-0.2, 0) is 11.3 Å². The van der Waals surface area contributed by atoms with Crippen LogP contribution in [0.25, 0.3) is 0 Å². The molecule has 1 aliphatic carbocycles. The summed E-state index contributed by atoms with van der Waals surface area (Å²) in [5, 5.41) is 6.22. The minimum atomic E-state index is -0.135. The number of carbonyl (C=O) groups excluding carboxylic acids is 1. The van der Waals surface area contributed by atoms with Gasteiger partial charge in [0.2, 0.25) is 5.91 Å². The highest BCUT2D eigenvalue weighted by molar-refractivity contribution is 5.95. The van der Waals surface area contributed by atoms with E-state index >= 15 is 0 Å². The van der Waals surface area contributed by atoms with E-state index in [-0.39, 0.29) is 12.5 Å². The summed E-state index contributed by atoms with van der Waals surface area (Å²) in [6.45, 7) is 1.14. The fourth-order valence-electron chi connectivity index (χ4n) is 4.17. The molecule has 0 saturated heterocycles. The lowest BCUT2D eigenvalue weighted by Gasteiger charge is -2.28. The Bertz CT molecular complexity index is 834. The van der Waals surface area contributed by atoms with Gasteiger partial charge in [0.25, 0.3) is 0 Å². The molecule has 0 spiro atoms. The van der Waals surface area contributed by atoms with Crippen LogP contribution in [0.3, 0.4) is 0 Å². The molecule has 0 radical (unpaired) electrons. The summed E-state index contributed by atoms with van der Waals surface area (Å²) in [6, 6.07) is 14.3. The molecule has 30 heavy (non-hydrogen) atoms. The zero-order valence-electron chi connectivity index (χ0n) is 18.3. The predicted molar refractivity (Wildman–Crippen MR) is 121 cm³/mol. The molecule has 0 bridgehead atoms. The average Bonchev–Trinajstić information content (AvgIpc) is 2.79. The molecule has 3 N–H and O–H groups in total. The number of amides is 1. The topological polar surface area (TPSA) is 64.0 Å². The third-order valence-electron chi connectivity index (χ3n) is 5.91. The lowest BCUT2D eigenvalue weighted by Crippen LogP contribution is -3.11. The highest BCUT2D eigenvalue weighted by Gasteiger charge is 2.22. The minimum absolute atomic E-state index is 0.135. The van der Waals surface area contributed by atoms with Crippen LogP contribution in [0.4, 0.5) is 11.4 Å². The summed E-state index contributed by atoms with van der Waals surface area (Å²) in [7, 11) is 5.46. The maximum absolute atomic E-state index is 12.6. The van der Waals surface area contributed by atoms with E-state index in [9.17, 15) is 4.79 Å². The number of quaternary nitrogens is 1. The van der Waals surface area contributed by atoms with Gasteiger partial charge >= 0.3 is 0 Å². The molecule has 1 unspecified atom stereocenters. The monoisotopic (exact) mass is 412 g/mol. The first-order chi connectivity index (χ1) is 14.6. The fourth-order valence-corrected chi connectivity index (χ4v) is 4.17. The van der Waals surface area contributed by atoms with E-state index in [0.29, 0.717) is 17.2 Å². The Labute approximate surface area is 179 Å². The number of carbonyl (C=O) groups is 1. The Morgan fingerprint density at radius 1 is 1.03 bits per heavy atom. The van der Waals surface area contributed by atoms with Crippen molar-refractivity contribution >= 4 is 17.3 Å². The van der Waals surface area contributed by atoms with Crippen LogP contribution in [0.2, 0.25) is 0 Å². The molecule has 1 fully saturated rings. The third-order valence-corrected chi connectivity index (χ3v) is 5.91. The first kappa shape index (κ1) is 22.0. The van der Waals surface area contributed by atoms with E-state index in [1.165, 1.54) is 37.7 Å². The fraction of sp³-hybridized carbons (Fsp3) is 0.458. The molecule has 6 nitrogen and oxygen atoms in total. The van der Waals surface area contributed by atoms with E-state index in [1.54, 1.807) is 37.3 Å². The van der Waals surface area contributed by atoms with Crippen molar-refractivity contribution in [2.45, 2.75) is 44.7 Å². The third kappa shape index (κ3) is 5.89. The minimum Gasteiger partial charge on any atom is -0.497 e. The van der Waals surface area contributed by atoms with Gasteiger partial charge in [0, 0.05) is 17.3 Å². The number of hydrogen-bond donors (Lipinski definition) is 3. The van der Waals surface area contributed by atoms with Crippen molar-refractivity contribution in [1.82, 2.24) is 0 Å². The summed E-state index contributed by atoms with van der Waals surface area (Å²) in [5.74, 6) is 1.13. The van der Waals surface area contributed by atoms with Crippen LogP contribution in [0.5, 0.6) is 11.5 Å². The van der Waals surface area contributed by atoms with Crippen molar-refractivity contribution in [3.8, 4) is 11.5 Å². The Balaban J connectivity index is 1.60. The van der Waals surface area contributed by atoms with Gasteiger partial charge in [0.05, 0.1) is 39.5 Å². The molecule has 1 aliphatic rings. The predicted octanol–water partition coefficient (Wildman–Crippen LogP) is 3.10. The Morgan fingerprint density at radius 3 is 2.53 bits per heavy atom. The maximum atomic E-state index is 12.6. The number of methoxy groups -OCH3 is 2. The van der Waals surface area contributed by atoms with Crippen LogP contribution in [0, 0.1) is 0 Å². The van der Waals surface area contributed by atoms with Crippen molar-refractivity contribution in [3.63, 3.8) is 0 Å². The number of anilines is 2. The van der Waals surface area contributed by atoms with Gasteiger partial charge in [-0.15, -0.1) is 0 Å². The van der Waals surface area contributed by atoms with E-state index in [1.807, 2.05) is 12.1 Å². The Hall–Kier alpha value is -2.73.